The Kier molecular flexibility index (Phi) is 14.2. The molecule has 2 N–H and O–H groups in total. The fourth-order valence-corrected chi connectivity index (χ4v) is 5.39. The molecule has 4 aromatic rings. The quantitative estimate of drug-likeness (QED) is 0.101. The average Bonchev–Trinajstić information content (AvgIpc) is 3.07. The fourth-order valence-electron chi connectivity index (χ4n) is 4.81. The molecule has 0 aliphatic rings. The van der Waals surface area contributed by atoms with E-state index in [0.29, 0.717) is 6.61 Å². The number of hydrogen-bond donors (Lipinski definition) is 2. The van der Waals surface area contributed by atoms with E-state index >= 15 is 0 Å². The second-order valence-corrected chi connectivity index (χ2v) is 17.1. The predicted octanol–water partition coefficient (Wildman–Crippen LogP) is 6.56. The highest BCUT2D eigenvalue weighted by Gasteiger charge is 2.40. The number of rotatable bonds is 17. The van der Waals surface area contributed by atoms with Gasteiger partial charge in [0.05, 0.1) is 33.0 Å². The maximum Gasteiger partial charge on any atom is 0.142 e. The average molecular weight is 639 g/mol. The summed E-state index contributed by atoms with van der Waals surface area (Å²) in [5, 5.41) is 23.3. The zero-order valence-corrected chi connectivity index (χ0v) is 28.0. The van der Waals surface area contributed by atoms with Crippen LogP contribution >= 0.6 is 0 Å². The first-order chi connectivity index (χ1) is 22.3. The van der Waals surface area contributed by atoms with E-state index in [2.05, 4.69) is 31.1 Å². The SMILES string of the molecule is C[Si](C)(C)C#C[C@@H](O)[C@H](OCc1ccccc1)[C@@H](OCc1ccccc1)[C@@H](OCc1ccccc1)[C@H](O)COCc1ccccc1. The minimum absolute atomic E-state index is 0.0123. The number of aliphatic hydroxyl groups excluding tert-OH is 2. The molecule has 0 saturated carbocycles. The third kappa shape index (κ3) is 12.3. The Morgan fingerprint density at radius 1 is 0.522 bits per heavy atom. The molecule has 46 heavy (non-hydrogen) atoms. The molecule has 4 rings (SSSR count). The van der Waals surface area contributed by atoms with Crippen molar-refractivity contribution in [2.75, 3.05) is 6.61 Å². The molecule has 5 atom stereocenters. The molecular formula is C39H46O6Si. The molecule has 0 aliphatic carbocycles. The van der Waals surface area contributed by atoms with Gasteiger partial charge in [-0.3, -0.25) is 0 Å². The van der Waals surface area contributed by atoms with Crippen molar-refractivity contribution in [2.24, 2.45) is 0 Å². The lowest BCUT2D eigenvalue weighted by Gasteiger charge is -2.37. The molecule has 4 aromatic carbocycles. The van der Waals surface area contributed by atoms with Crippen molar-refractivity contribution in [3.05, 3.63) is 144 Å². The molecule has 6 nitrogen and oxygen atoms in total. The summed E-state index contributed by atoms with van der Waals surface area (Å²) in [7, 11) is -1.83. The highest BCUT2D eigenvalue weighted by Crippen LogP contribution is 2.24. The molecule has 0 bridgehead atoms. The molecule has 7 heteroatoms. The Morgan fingerprint density at radius 3 is 1.30 bits per heavy atom. The summed E-state index contributed by atoms with van der Waals surface area (Å²) in [6.45, 7) is 7.33. The predicted molar refractivity (Wildman–Crippen MR) is 184 cm³/mol. The lowest BCUT2D eigenvalue weighted by atomic mass is 9.98. The van der Waals surface area contributed by atoms with E-state index < -0.39 is 38.6 Å². The zero-order valence-electron chi connectivity index (χ0n) is 27.0. The van der Waals surface area contributed by atoms with E-state index in [-0.39, 0.29) is 26.4 Å². The number of benzene rings is 4. The van der Waals surface area contributed by atoms with E-state index in [0.717, 1.165) is 22.3 Å². The van der Waals surface area contributed by atoms with Gasteiger partial charge in [0, 0.05) is 0 Å². The third-order valence-corrected chi connectivity index (χ3v) is 8.08. The van der Waals surface area contributed by atoms with Crippen molar-refractivity contribution >= 4 is 8.07 Å². The van der Waals surface area contributed by atoms with Gasteiger partial charge in [0.2, 0.25) is 0 Å². The molecule has 0 radical (unpaired) electrons. The van der Waals surface area contributed by atoms with Crippen LogP contribution in [0.5, 0.6) is 0 Å². The van der Waals surface area contributed by atoms with E-state index in [4.69, 9.17) is 18.9 Å². The Morgan fingerprint density at radius 2 is 0.891 bits per heavy atom. The summed E-state index contributed by atoms with van der Waals surface area (Å²) >= 11 is 0. The first kappa shape index (κ1) is 35.3. The summed E-state index contributed by atoms with van der Waals surface area (Å²) in [5.41, 5.74) is 7.09. The smallest absolute Gasteiger partial charge is 0.142 e. The first-order valence-corrected chi connectivity index (χ1v) is 19.3. The van der Waals surface area contributed by atoms with Crippen LogP contribution in [0.1, 0.15) is 22.3 Å². The van der Waals surface area contributed by atoms with Crippen LogP contribution in [0.2, 0.25) is 19.6 Å². The number of aliphatic hydroxyl groups is 2. The first-order valence-electron chi connectivity index (χ1n) is 15.8. The van der Waals surface area contributed by atoms with Crippen LogP contribution in [0.25, 0.3) is 0 Å². The van der Waals surface area contributed by atoms with Crippen LogP contribution in [-0.2, 0) is 45.4 Å². The monoisotopic (exact) mass is 638 g/mol. The summed E-state index contributed by atoms with van der Waals surface area (Å²) in [6.07, 6.45) is -5.08. The van der Waals surface area contributed by atoms with Crippen molar-refractivity contribution in [3.8, 4) is 11.5 Å². The Hall–Kier alpha value is -3.58. The van der Waals surface area contributed by atoms with Crippen molar-refractivity contribution in [1.82, 2.24) is 0 Å². The van der Waals surface area contributed by atoms with Gasteiger partial charge in [-0.1, -0.05) is 147 Å². The minimum Gasteiger partial charge on any atom is -0.388 e. The summed E-state index contributed by atoms with van der Waals surface area (Å²) < 4.78 is 25.5. The lowest BCUT2D eigenvalue weighted by Crippen LogP contribution is -2.53. The van der Waals surface area contributed by atoms with Gasteiger partial charge < -0.3 is 29.2 Å². The van der Waals surface area contributed by atoms with Crippen molar-refractivity contribution in [1.29, 1.82) is 0 Å². The van der Waals surface area contributed by atoms with Crippen molar-refractivity contribution in [3.63, 3.8) is 0 Å². The van der Waals surface area contributed by atoms with Crippen LogP contribution in [0.15, 0.2) is 121 Å². The molecule has 0 saturated heterocycles. The molecule has 242 valence electrons. The van der Waals surface area contributed by atoms with Gasteiger partial charge in [-0.2, -0.15) is 0 Å². The van der Waals surface area contributed by atoms with E-state index in [9.17, 15) is 10.2 Å². The van der Waals surface area contributed by atoms with E-state index in [1.165, 1.54) is 0 Å². The second-order valence-electron chi connectivity index (χ2n) is 12.3. The van der Waals surface area contributed by atoms with Crippen molar-refractivity contribution in [2.45, 2.75) is 76.6 Å². The molecule has 0 amide bonds. The van der Waals surface area contributed by atoms with Gasteiger partial charge in [-0.25, -0.2) is 0 Å². The standard InChI is InChI=1S/C39H46O6Si/c1-46(2,3)25-24-35(40)37(43-27-32-18-10-5-11-19-32)39(45-29-34-22-14-7-15-23-34)38(44-28-33-20-12-6-13-21-33)36(41)30-42-26-31-16-8-4-9-17-31/h4-23,35-41H,26-30H2,1-3H3/t35-,36-,37+,38+,39-/m1/s1. The highest BCUT2D eigenvalue weighted by atomic mass is 28.3. The number of ether oxygens (including phenoxy) is 4. The summed E-state index contributed by atoms with van der Waals surface area (Å²) in [6, 6.07) is 39.1. The van der Waals surface area contributed by atoms with Crippen LogP contribution in [0.3, 0.4) is 0 Å². The molecule has 0 aromatic heterocycles. The van der Waals surface area contributed by atoms with E-state index in [1.807, 2.05) is 121 Å². The van der Waals surface area contributed by atoms with Gasteiger partial charge >= 0.3 is 0 Å². The van der Waals surface area contributed by atoms with Crippen LogP contribution < -0.4 is 0 Å². The normalized spacial score (nSPS) is 14.8. The van der Waals surface area contributed by atoms with Gasteiger partial charge in [0.15, 0.2) is 0 Å². The molecule has 0 fully saturated rings. The van der Waals surface area contributed by atoms with Crippen molar-refractivity contribution < 1.29 is 29.2 Å². The second kappa shape index (κ2) is 18.5. The maximum absolute atomic E-state index is 11.7. The third-order valence-electron chi connectivity index (χ3n) is 7.19. The summed E-state index contributed by atoms with van der Waals surface area (Å²) in [5.74, 6) is 3.06. The van der Waals surface area contributed by atoms with Crippen LogP contribution in [0, 0.1) is 11.5 Å². The van der Waals surface area contributed by atoms with Gasteiger partial charge in [0.1, 0.15) is 38.6 Å². The molecular weight excluding hydrogens is 593 g/mol. The fraction of sp³-hybridized carbons (Fsp3) is 0.333. The topological polar surface area (TPSA) is 77.4 Å². The molecule has 0 aliphatic heterocycles. The molecule has 0 spiro atoms. The van der Waals surface area contributed by atoms with Gasteiger partial charge in [0.25, 0.3) is 0 Å². The Balaban J connectivity index is 1.67. The largest absolute Gasteiger partial charge is 0.388 e. The Bertz CT molecular complexity index is 1450. The van der Waals surface area contributed by atoms with Crippen LogP contribution in [-0.4, -0.2) is 55.4 Å². The van der Waals surface area contributed by atoms with Crippen LogP contribution in [0.4, 0.5) is 0 Å². The van der Waals surface area contributed by atoms with Gasteiger partial charge in [-0.05, 0) is 22.3 Å². The van der Waals surface area contributed by atoms with E-state index in [1.54, 1.807) is 0 Å². The zero-order chi connectivity index (χ0) is 32.6. The van der Waals surface area contributed by atoms with Gasteiger partial charge in [-0.15, -0.1) is 5.54 Å². The summed E-state index contributed by atoms with van der Waals surface area (Å²) in [4.78, 5) is 0. The highest BCUT2D eigenvalue weighted by molar-refractivity contribution is 6.83. The Labute approximate surface area is 274 Å². The lowest BCUT2D eigenvalue weighted by molar-refractivity contribution is -0.200. The molecule has 0 unspecified atom stereocenters. The maximum atomic E-state index is 11.7. The minimum atomic E-state index is -1.83. The number of hydrogen-bond acceptors (Lipinski definition) is 6. The molecule has 0 heterocycles.